The van der Waals surface area contributed by atoms with Crippen LogP contribution >= 0.6 is 0 Å². The van der Waals surface area contributed by atoms with Crippen molar-refractivity contribution in [3.8, 4) is 5.75 Å². The lowest BCUT2D eigenvalue weighted by molar-refractivity contribution is -0.133. The third kappa shape index (κ3) is 5.42. The first-order valence-electron chi connectivity index (χ1n) is 14.9. The summed E-state index contributed by atoms with van der Waals surface area (Å²) in [5, 5.41) is 8.93. The molecule has 0 radical (unpaired) electrons. The highest BCUT2D eigenvalue weighted by Gasteiger charge is 2.45. The Hall–Kier alpha value is -4.46. The molecule has 5 aliphatic rings. The molecule has 2 fully saturated rings. The number of hydrogen-bond donors (Lipinski definition) is 1. The number of nitrogens with zero attached hydrogens (tertiary/aromatic N) is 3. The first kappa shape index (κ1) is 28.6. The van der Waals surface area contributed by atoms with Gasteiger partial charge in [-0.2, -0.15) is 0 Å². The number of aliphatic imine (C=N–C) groups is 1. The number of ether oxygens (including phenoxy) is 1. The Morgan fingerprint density at radius 1 is 1.21 bits per heavy atom. The highest BCUT2D eigenvalue weighted by Crippen LogP contribution is 2.46. The second-order valence-electron chi connectivity index (χ2n) is 12.3. The number of likely N-dealkylation sites (N-methyl/N-ethyl adjacent to an activating group) is 1. The van der Waals surface area contributed by atoms with Crippen LogP contribution in [0, 0.1) is 5.92 Å². The van der Waals surface area contributed by atoms with Gasteiger partial charge in [-0.1, -0.05) is 30.9 Å². The summed E-state index contributed by atoms with van der Waals surface area (Å²) in [7, 11) is 2.03. The van der Waals surface area contributed by atoms with Crippen molar-refractivity contribution in [3.05, 3.63) is 94.4 Å². The predicted octanol–water partition coefficient (Wildman–Crippen LogP) is 5.51. The van der Waals surface area contributed by atoms with Gasteiger partial charge in [-0.3, -0.25) is 14.6 Å². The van der Waals surface area contributed by atoms with Crippen molar-refractivity contribution in [1.82, 2.24) is 9.80 Å². The van der Waals surface area contributed by atoms with Crippen LogP contribution in [0.25, 0.3) is 5.57 Å². The molecule has 1 saturated carbocycles. The van der Waals surface area contributed by atoms with Gasteiger partial charge < -0.3 is 19.6 Å². The molecule has 1 amide bonds. The summed E-state index contributed by atoms with van der Waals surface area (Å²) in [6, 6.07) is 5.61. The molecular weight excluding hydrogens is 542 g/mol. The van der Waals surface area contributed by atoms with Crippen LogP contribution in [0.5, 0.6) is 5.75 Å². The van der Waals surface area contributed by atoms with E-state index in [9.17, 15) is 14.4 Å². The van der Waals surface area contributed by atoms with Gasteiger partial charge in [-0.15, -0.1) is 0 Å². The minimum absolute atomic E-state index is 0.0196. The SMILES string of the molecule is C=C(C=N/C=C(\C)c1ccc2c(c1)C(=O)CC1(CCN(C(=O)C3=CC(C)=C4C=CC=C(C5CC5)C4N3C)CC1)O2)C(=O)O. The lowest BCUT2D eigenvalue weighted by Crippen LogP contribution is -2.53. The lowest BCUT2D eigenvalue weighted by atomic mass is 9.81. The van der Waals surface area contributed by atoms with Crippen LogP contribution in [-0.4, -0.2) is 70.6 Å². The number of fused-ring (bicyclic) bond motifs is 2. The maximum Gasteiger partial charge on any atom is 0.336 e. The lowest BCUT2D eigenvalue weighted by Gasteiger charge is -2.45. The van der Waals surface area contributed by atoms with Crippen LogP contribution in [0.4, 0.5) is 0 Å². The fourth-order valence-electron chi connectivity index (χ4n) is 6.59. The standard InChI is InChI=1S/C35H37N3O5/c1-21-16-29(37(4)32-26(21)6-5-7-27(32)24-8-9-24)33(40)38-14-12-35(13-15-38)18-30(39)28-17-25(10-11-31(28)43-35)22(2)19-36-20-23(3)34(41)42/h5-7,10-11,16-17,19-20,24,32H,3,8-9,12-15,18H2,1-2,4H3,(H,41,42)/b22-19+,36-20?. The van der Waals surface area contributed by atoms with Crippen molar-refractivity contribution in [3.63, 3.8) is 0 Å². The molecule has 1 atom stereocenters. The van der Waals surface area contributed by atoms with E-state index in [2.05, 4.69) is 41.6 Å². The van der Waals surface area contributed by atoms with E-state index >= 15 is 0 Å². The van der Waals surface area contributed by atoms with E-state index in [-0.39, 0.29) is 29.7 Å². The summed E-state index contributed by atoms with van der Waals surface area (Å²) in [5.41, 5.74) is 5.93. The van der Waals surface area contributed by atoms with Crippen LogP contribution in [0.2, 0.25) is 0 Å². The zero-order chi connectivity index (χ0) is 30.5. The van der Waals surface area contributed by atoms with Crippen molar-refractivity contribution in [1.29, 1.82) is 0 Å². The van der Waals surface area contributed by atoms with Crippen molar-refractivity contribution < 1.29 is 24.2 Å². The number of carboxylic acids is 1. The summed E-state index contributed by atoms with van der Waals surface area (Å²) in [5.74, 6) is 0.0950. The minimum Gasteiger partial charge on any atom is -0.486 e. The molecule has 1 saturated heterocycles. The Balaban J connectivity index is 1.13. The number of carboxylic acid groups (broad SMARTS) is 1. The van der Waals surface area contributed by atoms with Gasteiger partial charge in [-0.05, 0) is 78.7 Å². The largest absolute Gasteiger partial charge is 0.486 e. The van der Waals surface area contributed by atoms with Crippen molar-refractivity contribution in [2.45, 2.75) is 57.6 Å². The number of rotatable bonds is 6. The van der Waals surface area contributed by atoms with Gasteiger partial charge in [0.05, 0.1) is 23.6 Å². The summed E-state index contributed by atoms with van der Waals surface area (Å²) in [4.78, 5) is 46.2. The Kier molecular flexibility index (Phi) is 7.32. The van der Waals surface area contributed by atoms with Gasteiger partial charge in [0.15, 0.2) is 5.78 Å². The van der Waals surface area contributed by atoms with Crippen LogP contribution in [-0.2, 0) is 9.59 Å². The topological polar surface area (TPSA) is 99.5 Å². The molecule has 1 spiro atoms. The number of carbonyl (C=O) groups is 3. The molecule has 222 valence electrons. The van der Waals surface area contributed by atoms with Gasteiger partial charge >= 0.3 is 5.97 Å². The van der Waals surface area contributed by atoms with Crippen molar-refractivity contribution in [2.24, 2.45) is 10.9 Å². The molecule has 43 heavy (non-hydrogen) atoms. The number of aliphatic carboxylic acids is 1. The van der Waals surface area contributed by atoms with Crippen LogP contribution < -0.4 is 4.74 Å². The van der Waals surface area contributed by atoms with E-state index in [4.69, 9.17) is 9.84 Å². The summed E-state index contributed by atoms with van der Waals surface area (Å²) < 4.78 is 6.50. The molecule has 1 aromatic rings. The van der Waals surface area contributed by atoms with E-state index in [1.165, 1.54) is 30.2 Å². The van der Waals surface area contributed by atoms with Crippen LogP contribution in [0.3, 0.4) is 0 Å². The van der Waals surface area contributed by atoms with Gasteiger partial charge in [0.25, 0.3) is 5.91 Å². The van der Waals surface area contributed by atoms with E-state index in [1.54, 1.807) is 12.3 Å². The van der Waals surface area contributed by atoms with Gasteiger partial charge in [-0.25, -0.2) is 4.79 Å². The first-order valence-corrected chi connectivity index (χ1v) is 14.9. The zero-order valence-corrected chi connectivity index (χ0v) is 24.9. The fourth-order valence-corrected chi connectivity index (χ4v) is 6.59. The van der Waals surface area contributed by atoms with E-state index in [0.717, 1.165) is 22.4 Å². The molecule has 0 bridgehead atoms. The Morgan fingerprint density at radius 3 is 2.65 bits per heavy atom. The third-order valence-corrected chi connectivity index (χ3v) is 9.30. The average Bonchev–Trinajstić information content (AvgIpc) is 3.84. The Morgan fingerprint density at radius 2 is 1.95 bits per heavy atom. The second kappa shape index (κ2) is 11.0. The smallest absolute Gasteiger partial charge is 0.336 e. The molecule has 6 rings (SSSR count). The molecule has 3 aliphatic heterocycles. The molecule has 1 aromatic carbocycles. The maximum atomic E-state index is 13.9. The quantitative estimate of drug-likeness (QED) is 0.353. The number of piperidine rings is 1. The number of hydrogen-bond acceptors (Lipinski definition) is 6. The molecule has 1 unspecified atom stereocenters. The monoisotopic (exact) mass is 579 g/mol. The number of allylic oxidation sites excluding steroid dienone is 5. The number of amides is 1. The van der Waals surface area contributed by atoms with E-state index in [0.29, 0.717) is 43.2 Å². The normalized spacial score (nSPS) is 23.1. The molecule has 2 aliphatic carbocycles. The Labute approximate surface area is 252 Å². The summed E-state index contributed by atoms with van der Waals surface area (Å²) in [6.07, 6.45) is 15.2. The molecule has 3 heterocycles. The average molecular weight is 580 g/mol. The highest BCUT2D eigenvalue weighted by atomic mass is 16.5. The summed E-state index contributed by atoms with van der Waals surface area (Å²) in [6.45, 7) is 8.42. The van der Waals surface area contributed by atoms with Crippen molar-refractivity contribution in [2.75, 3.05) is 20.1 Å². The van der Waals surface area contributed by atoms with Gasteiger partial charge in [0.2, 0.25) is 0 Å². The number of carbonyl (C=O) groups excluding carboxylic acids is 2. The number of benzene rings is 1. The van der Waals surface area contributed by atoms with E-state index < -0.39 is 11.6 Å². The molecule has 1 N–H and O–H groups in total. The highest BCUT2D eigenvalue weighted by molar-refractivity contribution is 6.08. The second-order valence-corrected chi connectivity index (χ2v) is 12.3. The Bertz CT molecular complexity index is 1610. The first-order chi connectivity index (χ1) is 20.6. The van der Waals surface area contributed by atoms with Gasteiger partial charge in [0.1, 0.15) is 17.0 Å². The molecule has 0 aromatic heterocycles. The number of likely N-dealkylation sites (tertiary alicyclic amines) is 1. The molecule has 8 nitrogen and oxygen atoms in total. The number of Topliss-reactive ketones (excluding diaryl/α,β-unsaturated/α-hetero) is 1. The van der Waals surface area contributed by atoms with E-state index in [1.807, 2.05) is 37.1 Å². The minimum atomic E-state index is -1.13. The molecule has 8 heteroatoms. The predicted molar refractivity (Wildman–Crippen MR) is 166 cm³/mol. The molecular formula is C35H37N3O5. The zero-order valence-electron chi connectivity index (χ0n) is 24.9. The number of ketones is 1. The third-order valence-electron chi connectivity index (χ3n) is 9.30. The van der Waals surface area contributed by atoms with Crippen LogP contribution in [0.15, 0.2) is 88.3 Å². The fraction of sp³-hybridized carbons (Fsp3) is 0.371. The van der Waals surface area contributed by atoms with Gasteiger partial charge in [0, 0.05) is 45.4 Å². The van der Waals surface area contributed by atoms with Crippen LogP contribution in [0.1, 0.15) is 61.9 Å². The maximum absolute atomic E-state index is 13.9. The summed E-state index contributed by atoms with van der Waals surface area (Å²) >= 11 is 0. The van der Waals surface area contributed by atoms with Crippen molar-refractivity contribution >= 4 is 29.4 Å².